The number of amides is 1. The highest BCUT2D eigenvalue weighted by molar-refractivity contribution is 7.21. The molecule has 1 amide bonds. The van der Waals surface area contributed by atoms with Crippen LogP contribution < -0.4 is 10.1 Å². The molecule has 1 aliphatic rings. The topological polar surface area (TPSA) is 80.6 Å². The van der Waals surface area contributed by atoms with Gasteiger partial charge in [0, 0.05) is 5.54 Å². The molecule has 2 aromatic heterocycles. The van der Waals surface area contributed by atoms with E-state index in [1.807, 2.05) is 67.8 Å². The average molecular weight is 545 g/mol. The molecule has 0 bridgehead atoms. The smallest absolute Gasteiger partial charge is 0.345 e. The molecule has 1 aliphatic carbocycles. The van der Waals surface area contributed by atoms with Crippen molar-refractivity contribution >= 4 is 33.4 Å². The zero-order valence-corrected chi connectivity index (χ0v) is 23.6. The molecule has 39 heavy (non-hydrogen) atoms. The first-order valence-corrected chi connectivity index (χ1v) is 14.5. The molecular formula is C32H36N2O4S. The molecule has 7 heteroatoms. The van der Waals surface area contributed by atoms with Crippen LogP contribution in [0.3, 0.4) is 0 Å². The third kappa shape index (κ3) is 6.19. The van der Waals surface area contributed by atoms with Gasteiger partial charge in [0.1, 0.15) is 23.8 Å². The maximum absolute atomic E-state index is 13.2. The molecule has 6 nitrogen and oxygen atoms in total. The van der Waals surface area contributed by atoms with E-state index >= 15 is 0 Å². The minimum absolute atomic E-state index is 0.0956. The third-order valence-corrected chi connectivity index (χ3v) is 8.33. The van der Waals surface area contributed by atoms with Crippen LogP contribution in [0.5, 0.6) is 5.75 Å². The molecular weight excluding hydrogens is 508 g/mol. The maximum Gasteiger partial charge on any atom is 0.345 e. The Morgan fingerprint density at radius 3 is 2.36 bits per heavy atom. The number of benzene rings is 2. The van der Waals surface area contributed by atoms with Crippen molar-refractivity contribution in [1.29, 1.82) is 0 Å². The van der Waals surface area contributed by atoms with Crippen molar-refractivity contribution in [3.63, 3.8) is 0 Å². The number of aromatic carboxylic acids is 1. The van der Waals surface area contributed by atoms with Gasteiger partial charge in [0.05, 0.1) is 15.9 Å². The number of carboxylic acid groups (broad SMARTS) is 1. The Kier molecular flexibility index (Phi) is 7.80. The summed E-state index contributed by atoms with van der Waals surface area (Å²) in [7, 11) is 0. The fourth-order valence-electron chi connectivity index (χ4n) is 5.55. The molecule has 2 N–H and O–H groups in total. The van der Waals surface area contributed by atoms with Crippen LogP contribution in [0.1, 0.15) is 79.6 Å². The number of hydrogen-bond donors (Lipinski definition) is 2. The van der Waals surface area contributed by atoms with Gasteiger partial charge < -0.3 is 19.7 Å². The van der Waals surface area contributed by atoms with Crippen LogP contribution in [0, 0.1) is 0 Å². The van der Waals surface area contributed by atoms with E-state index < -0.39 is 5.97 Å². The van der Waals surface area contributed by atoms with Crippen LogP contribution in [-0.2, 0) is 17.9 Å². The predicted molar refractivity (Wildman–Crippen MR) is 157 cm³/mol. The monoisotopic (exact) mass is 544 g/mol. The van der Waals surface area contributed by atoms with Crippen molar-refractivity contribution in [2.75, 3.05) is 0 Å². The van der Waals surface area contributed by atoms with Gasteiger partial charge in [-0.1, -0.05) is 49.6 Å². The molecule has 2 heterocycles. The van der Waals surface area contributed by atoms with Crippen LogP contribution in [0.15, 0.2) is 60.7 Å². The number of aromatic nitrogens is 1. The summed E-state index contributed by atoms with van der Waals surface area (Å²) >= 11 is 1.33. The van der Waals surface area contributed by atoms with Gasteiger partial charge in [0.2, 0.25) is 5.91 Å². The van der Waals surface area contributed by atoms with Crippen LogP contribution in [0.4, 0.5) is 0 Å². The van der Waals surface area contributed by atoms with Crippen molar-refractivity contribution in [3.05, 3.63) is 76.7 Å². The number of carboxylic acids is 1. The number of carbonyl (C=O) groups is 2. The first-order chi connectivity index (χ1) is 18.7. The number of rotatable bonds is 8. The lowest BCUT2D eigenvalue weighted by molar-refractivity contribution is -0.123. The number of thiophene rings is 1. The molecule has 4 aromatic rings. The van der Waals surface area contributed by atoms with Gasteiger partial charge in [-0.3, -0.25) is 4.79 Å². The van der Waals surface area contributed by atoms with Crippen molar-refractivity contribution in [3.8, 4) is 17.0 Å². The SMILES string of the molecule is CC(C)(C)NC(=O)Cn1c(-c2ccc(OCc3ccccc3)cc2)c(C2CCCCC2)c2sc(C(=O)O)cc21. The summed E-state index contributed by atoms with van der Waals surface area (Å²) in [6.45, 7) is 6.51. The summed E-state index contributed by atoms with van der Waals surface area (Å²) in [5.74, 6) is 0.0811. The second-order valence-corrected chi connectivity index (χ2v) is 12.5. The molecule has 0 atom stereocenters. The van der Waals surface area contributed by atoms with Gasteiger partial charge in [0.15, 0.2) is 0 Å². The van der Waals surface area contributed by atoms with E-state index in [-0.39, 0.29) is 18.0 Å². The second-order valence-electron chi connectivity index (χ2n) is 11.4. The fraction of sp³-hybridized carbons (Fsp3) is 0.375. The van der Waals surface area contributed by atoms with Crippen LogP contribution >= 0.6 is 11.3 Å². The first-order valence-electron chi connectivity index (χ1n) is 13.7. The van der Waals surface area contributed by atoms with E-state index in [9.17, 15) is 14.7 Å². The Hall–Kier alpha value is -3.58. The summed E-state index contributed by atoms with van der Waals surface area (Å²) in [6.07, 6.45) is 5.68. The van der Waals surface area contributed by atoms with Gasteiger partial charge in [-0.05, 0) is 86.6 Å². The zero-order valence-electron chi connectivity index (χ0n) is 22.8. The Labute approximate surface area is 233 Å². The lowest BCUT2D eigenvalue weighted by atomic mass is 9.83. The van der Waals surface area contributed by atoms with E-state index in [2.05, 4.69) is 17.4 Å². The largest absolute Gasteiger partial charge is 0.489 e. The van der Waals surface area contributed by atoms with Gasteiger partial charge in [-0.15, -0.1) is 11.3 Å². The number of carbonyl (C=O) groups excluding carboxylic acids is 1. The second kappa shape index (κ2) is 11.3. The number of nitrogens with zero attached hydrogens (tertiary/aromatic N) is 1. The summed E-state index contributed by atoms with van der Waals surface area (Å²) in [4.78, 5) is 25.4. The first kappa shape index (κ1) is 27.0. The molecule has 1 saturated carbocycles. The highest BCUT2D eigenvalue weighted by Gasteiger charge is 2.30. The summed E-state index contributed by atoms with van der Waals surface area (Å²) < 4.78 is 9.05. The molecule has 0 unspecified atom stereocenters. The van der Waals surface area contributed by atoms with Crippen LogP contribution in [0.25, 0.3) is 21.5 Å². The molecule has 1 fully saturated rings. The zero-order chi connectivity index (χ0) is 27.6. The predicted octanol–water partition coefficient (Wildman–Crippen LogP) is 7.61. The molecule has 5 rings (SSSR count). The fourth-order valence-corrected chi connectivity index (χ4v) is 6.68. The lowest BCUT2D eigenvalue weighted by Gasteiger charge is -2.24. The highest BCUT2D eigenvalue weighted by Crippen LogP contribution is 2.47. The van der Waals surface area contributed by atoms with E-state index in [0.29, 0.717) is 17.4 Å². The quantitative estimate of drug-likeness (QED) is 0.239. The summed E-state index contributed by atoms with van der Waals surface area (Å²) in [5.41, 5.74) is 4.76. The Bertz CT molecular complexity index is 1460. The van der Waals surface area contributed by atoms with Crippen molar-refractivity contribution in [2.45, 2.75) is 77.5 Å². The van der Waals surface area contributed by atoms with Gasteiger partial charge >= 0.3 is 5.97 Å². The minimum Gasteiger partial charge on any atom is -0.489 e. The van der Waals surface area contributed by atoms with E-state index in [4.69, 9.17) is 4.74 Å². The number of nitrogens with one attached hydrogen (secondary N) is 1. The van der Waals surface area contributed by atoms with Crippen molar-refractivity contribution in [2.24, 2.45) is 0 Å². The van der Waals surface area contributed by atoms with Crippen LogP contribution in [-0.4, -0.2) is 27.1 Å². The average Bonchev–Trinajstić information content (AvgIpc) is 3.46. The molecule has 0 radical (unpaired) electrons. The van der Waals surface area contributed by atoms with E-state index in [0.717, 1.165) is 58.5 Å². The Morgan fingerprint density at radius 2 is 1.72 bits per heavy atom. The number of hydrogen-bond acceptors (Lipinski definition) is 4. The molecule has 0 aliphatic heterocycles. The third-order valence-electron chi connectivity index (χ3n) is 7.19. The summed E-state index contributed by atoms with van der Waals surface area (Å²) in [6, 6.07) is 19.9. The normalized spacial score (nSPS) is 14.4. The Morgan fingerprint density at radius 1 is 1.03 bits per heavy atom. The number of fused-ring (bicyclic) bond motifs is 1. The molecule has 0 saturated heterocycles. The Balaban J connectivity index is 1.58. The van der Waals surface area contributed by atoms with Gasteiger partial charge in [-0.25, -0.2) is 4.79 Å². The number of ether oxygens (including phenoxy) is 1. The maximum atomic E-state index is 13.2. The van der Waals surface area contributed by atoms with Gasteiger partial charge in [0.25, 0.3) is 0 Å². The van der Waals surface area contributed by atoms with Crippen molar-refractivity contribution in [1.82, 2.24) is 9.88 Å². The van der Waals surface area contributed by atoms with E-state index in [1.165, 1.54) is 23.3 Å². The lowest BCUT2D eigenvalue weighted by Crippen LogP contribution is -2.42. The summed E-state index contributed by atoms with van der Waals surface area (Å²) in [5, 5.41) is 12.9. The van der Waals surface area contributed by atoms with E-state index in [1.54, 1.807) is 6.07 Å². The molecule has 204 valence electrons. The minimum atomic E-state index is -0.932. The van der Waals surface area contributed by atoms with Crippen LogP contribution in [0.2, 0.25) is 0 Å². The van der Waals surface area contributed by atoms with Gasteiger partial charge in [-0.2, -0.15) is 0 Å². The highest BCUT2D eigenvalue weighted by atomic mass is 32.1. The molecule has 2 aromatic carbocycles. The molecule has 0 spiro atoms. The standard InChI is InChI=1S/C32H36N2O4S/c1-32(2,3)33-27(35)19-34-25-18-26(31(36)37)39-30(25)28(22-12-8-5-9-13-22)29(34)23-14-16-24(17-15-23)38-20-21-10-6-4-7-11-21/h4,6-7,10-11,14-18,22H,5,8-9,12-13,19-20H2,1-3H3,(H,33,35)(H,36,37). The van der Waals surface area contributed by atoms with Crippen molar-refractivity contribution < 1.29 is 19.4 Å².